The van der Waals surface area contributed by atoms with Crippen LogP contribution in [0.4, 0.5) is 0 Å². The van der Waals surface area contributed by atoms with Crippen LogP contribution >= 0.6 is 0 Å². The van der Waals surface area contributed by atoms with Gasteiger partial charge in [0.1, 0.15) is 0 Å². The first kappa shape index (κ1) is 8.60. The zero-order chi connectivity index (χ0) is 8.55. The third-order valence-electron chi connectivity index (χ3n) is 2.48. The summed E-state index contributed by atoms with van der Waals surface area (Å²) in [6, 6.07) is 0.640. The van der Waals surface area contributed by atoms with Crippen molar-refractivity contribution >= 4 is 20.6 Å². The standard InChI is InChI=1S/C9H13NS2/c1-2-10-7-12(11)9-6-4-3-5-8(9)10/h3-4,6,8H,2,5,7H2,1H3. The molecule has 0 aromatic carbocycles. The van der Waals surface area contributed by atoms with E-state index in [9.17, 15) is 0 Å². The molecule has 2 aliphatic rings. The number of fused-ring (bicyclic) bond motifs is 1. The number of hydrogen-bond acceptors (Lipinski definition) is 2. The van der Waals surface area contributed by atoms with Crippen molar-refractivity contribution in [3.05, 3.63) is 23.1 Å². The summed E-state index contributed by atoms with van der Waals surface area (Å²) in [7, 11) is 0.0998. The lowest BCUT2D eigenvalue weighted by molar-refractivity contribution is 0.294. The second-order valence-corrected chi connectivity index (χ2v) is 5.76. The maximum Gasteiger partial charge on any atom is 0.0538 e. The Morgan fingerprint density at radius 2 is 2.58 bits per heavy atom. The molecular weight excluding hydrogens is 186 g/mol. The molecule has 2 unspecified atom stereocenters. The molecule has 1 aliphatic heterocycles. The molecule has 2 atom stereocenters. The Morgan fingerprint density at radius 1 is 1.75 bits per heavy atom. The maximum absolute atomic E-state index is 5.43. The minimum atomic E-state index is 0.0998. The Hall–Kier alpha value is 0.0100. The lowest BCUT2D eigenvalue weighted by Crippen LogP contribution is -2.29. The van der Waals surface area contributed by atoms with Gasteiger partial charge in [-0.05, 0) is 24.2 Å². The maximum atomic E-state index is 5.43. The van der Waals surface area contributed by atoms with Crippen LogP contribution in [0.25, 0.3) is 0 Å². The van der Waals surface area contributed by atoms with Gasteiger partial charge < -0.3 is 0 Å². The van der Waals surface area contributed by atoms with Crippen LogP contribution in [0.5, 0.6) is 0 Å². The molecule has 0 spiro atoms. The van der Waals surface area contributed by atoms with Crippen LogP contribution in [0.1, 0.15) is 13.3 Å². The topological polar surface area (TPSA) is 3.24 Å². The van der Waals surface area contributed by atoms with Crippen LogP contribution in [-0.2, 0) is 20.6 Å². The van der Waals surface area contributed by atoms with E-state index in [1.165, 1.54) is 11.3 Å². The molecule has 3 heteroatoms. The SMILES string of the molecule is CCN1CS(=S)C2=CC=CCC21. The van der Waals surface area contributed by atoms with Gasteiger partial charge in [0.2, 0.25) is 0 Å². The highest BCUT2D eigenvalue weighted by molar-refractivity contribution is 8.31. The van der Waals surface area contributed by atoms with E-state index in [0.717, 1.165) is 12.4 Å². The number of likely N-dealkylation sites (N-methyl/N-ethyl adjacent to an activating group) is 1. The second-order valence-electron chi connectivity index (χ2n) is 3.13. The van der Waals surface area contributed by atoms with Crippen molar-refractivity contribution in [3.8, 4) is 0 Å². The summed E-state index contributed by atoms with van der Waals surface area (Å²) < 4.78 is 0. The molecule has 0 N–H and O–H groups in total. The fourth-order valence-electron chi connectivity index (χ4n) is 1.78. The predicted molar refractivity (Wildman–Crippen MR) is 57.6 cm³/mol. The largest absolute Gasteiger partial charge is 0.286 e. The van der Waals surface area contributed by atoms with E-state index in [2.05, 4.69) is 30.1 Å². The Morgan fingerprint density at radius 3 is 3.33 bits per heavy atom. The fraction of sp³-hybridized carbons (Fsp3) is 0.556. The van der Waals surface area contributed by atoms with Gasteiger partial charge in [-0.3, -0.25) is 4.90 Å². The molecule has 0 aromatic heterocycles. The monoisotopic (exact) mass is 199 g/mol. The minimum absolute atomic E-state index is 0.0998. The van der Waals surface area contributed by atoms with E-state index in [-0.39, 0.29) is 9.45 Å². The third-order valence-corrected chi connectivity index (χ3v) is 4.87. The molecule has 1 saturated heterocycles. The Kier molecular flexibility index (Phi) is 2.44. The van der Waals surface area contributed by atoms with Gasteiger partial charge in [-0.2, -0.15) is 0 Å². The predicted octanol–water partition coefficient (Wildman–Crippen LogP) is 1.57. The quantitative estimate of drug-likeness (QED) is 0.631. The van der Waals surface area contributed by atoms with E-state index in [1.54, 1.807) is 0 Å². The molecule has 0 bridgehead atoms. The molecule has 2 rings (SSSR count). The molecule has 0 radical (unpaired) electrons. The summed E-state index contributed by atoms with van der Waals surface area (Å²) in [6.45, 7) is 3.35. The molecule has 1 nitrogen and oxygen atoms in total. The average molecular weight is 199 g/mol. The normalized spacial score (nSPS) is 34.9. The highest BCUT2D eigenvalue weighted by Crippen LogP contribution is 2.29. The van der Waals surface area contributed by atoms with E-state index in [1.807, 2.05) is 0 Å². The van der Waals surface area contributed by atoms with Gasteiger partial charge in [-0.1, -0.05) is 34.6 Å². The summed E-state index contributed by atoms with van der Waals surface area (Å²) in [5.74, 6) is 1.10. The number of nitrogens with zero attached hydrogens (tertiary/aromatic N) is 1. The summed E-state index contributed by atoms with van der Waals surface area (Å²) in [5.41, 5.74) is 0. The highest BCUT2D eigenvalue weighted by atomic mass is 32.8. The van der Waals surface area contributed by atoms with Crippen molar-refractivity contribution < 1.29 is 0 Å². The van der Waals surface area contributed by atoms with Crippen LogP contribution < -0.4 is 0 Å². The Balaban J connectivity index is 2.27. The highest BCUT2D eigenvalue weighted by Gasteiger charge is 2.30. The molecule has 1 heterocycles. The van der Waals surface area contributed by atoms with Crippen LogP contribution in [0.15, 0.2) is 23.1 Å². The molecule has 0 aromatic rings. The van der Waals surface area contributed by atoms with Gasteiger partial charge in [0, 0.05) is 10.9 Å². The zero-order valence-corrected chi connectivity index (χ0v) is 8.83. The summed E-state index contributed by atoms with van der Waals surface area (Å²) in [5, 5.41) is 0. The van der Waals surface area contributed by atoms with Crippen LogP contribution in [0.3, 0.4) is 0 Å². The second kappa shape index (κ2) is 3.40. The van der Waals surface area contributed by atoms with E-state index in [0.29, 0.717) is 6.04 Å². The number of allylic oxidation sites excluding steroid dienone is 2. The molecular formula is C9H13NS2. The molecule has 1 fully saturated rings. The average Bonchev–Trinajstić information content (AvgIpc) is 2.44. The first-order valence-electron chi connectivity index (χ1n) is 4.32. The minimum Gasteiger partial charge on any atom is -0.286 e. The van der Waals surface area contributed by atoms with Crippen molar-refractivity contribution in [2.45, 2.75) is 19.4 Å². The number of rotatable bonds is 1. The first-order valence-corrected chi connectivity index (χ1v) is 6.64. The lowest BCUT2D eigenvalue weighted by Gasteiger charge is -2.22. The van der Waals surface area contributed by atoms with E-state index in [4.69, 9.17) is 11.2 Å². The van der Waals surface area contributed by atoms with Gasteiger partial charge in [-0.15, -0.1) is 0 Å². The van der Waals surface area contributed by atoms with Crippen molar-refractivity contribution in [2.75, 3.05) is 12.4 Å². The summed E-state index contributed by atoms with van der Waals surface area (Å²) >= 11 is 5.43. The Labute approximate surface area is 80.7 Å². The van der Waals surface area contributed by atoms with E-state index < -0.39 is 0 Å². The third kappa shape index (κ3) is 1.30. The molecule has 1 aliphatic carbocycles. The fourth-order valence-corrected chi connectivity index (χ4v) is 4.28. The van der Waals surface area contributed by atoms with Crippen molar-refractivity contribution in [1.29, 1.82) is 0 Å². The van der Waals surface area contributed by atoms with Crippen LogP contribution in [0.2, 0.25) is 0 Å². The molecule has 12 heavy (non-hydrogen) atoms. The van der Waals surface area contributed by atoms with Gasteiger partial charge >= 0.3 is 0 Å². The molecule has 66 valence electrons. The molecule has 0 amide bonds. The number of hydrogen-bond donors (Lipinski definition) is 0. The van der Waals surface area contributed by atoms with Gasteiger partial charge in [0.05, 0.1) is 5.88 Å². The lowest BCUT2D eigenvalue weighted by atomic mass is 10.1. The van der Waals surface area contributed by atoms with Crippen LogP contribution in [-0.4, -0.2) is 23.4 Å². The van der Waals surface area contributed by atoms with Gasteiger partial charge in [-0.25, -0.2) is 0 Å². The zero-order valence-electron chi connectivity index (χ0n) is 7.19. The van der Waals surface area contributed by atoms with Gasteiger partial charge in [0.25, 0.3) is 0 Å². The Bertz CT molecular complexity index is 268. The molecule has 0 saturated carbocycles. The summed E-state index contributed by atoms with van der Waals surface area (Å²) in [4.78, 5) is 3.99. The first-order chi connectivity index (χ1) is 5.83. The smallest absolute Gasteiger partial charge is 0.0538 e. The summed E-state index contributed by atoms with van der Waals surface area (Å²) in [6.07, 6.45) is 7.78. The van der Waals surface area contributed by atoms with E-state index >= 15 is 0 Å². The van der Waals surface area contributed by atoms with Crippen LogP contribution in [0, 0.1) is 0 Å². The van der Waals surface area contributed by atoms with Gasteiger partial charge in [0.15, 0.2) is 0 Å². The van der Waals surface area contributed by atoms with Crippen molar-refractivity contribution in [1.82, 2.24) is 4.90 Å². The van der Waals surface area contributed by atoms with Crippen molar-refractivity contribution in [2.24, 2.45) is 0 Å². The van der Waals surface area contributed by atoms with Crippen molar-refractivity contribution in [3.63, 3.8) is 0 Å².